The summed E-state index contributed by atoms with van der Waals surface area (Å²) in [5.41, 5.74) is 6.85. The summed E-state index contributed by atoms with van der Waals surface area (Å²) in [6.07, 6.45) is 1.68. The summed E-state index contributed by atoms with van der Waals surface area (Å²) in [6.45, 7) is 2.02. The molecule has 27 heavy (non-hydrogen) atoms. The third kappa shape index (κ3) is 3.64. The molecule has 0 fully saturated rings. The minimum absolute atomic E-state index is 0.253. The number of aromatic nitrogens is 1. The molecule has 132 valence electrons. The van der Waals surface area contributed by atoms with Crippen molar-refractivity contribution in [2.75, 3.05) is 0 Å². The first-order valence-electron chi connectivity index (χ1n) is 8.55. The van der Waals surface area contributed by atoms with Crippen LogP contribution in [0.25, 0.3) is 22.2 Å². The van der Waals surface area contributed by atoms with E-state index in [0.29, 0.717) is 5.56 Å². The van der Waals surface area contributed by atoms with Crippen LogP contribution in [0.2, 0.25) is 0 Å². The van der Waals surface area contributed by atoms with Crippen LogP contribution in [0.3, 0.4) is 0 Å². The van der Waals surface area contributed by atoms with Crippen molar-refractivity contribution in [1.29, 1.82) is 0 Å². The van der Waals surface area contributed by atoms with Gasteiger partial charge in [0.1, 0.15) is 0 Å². The summed E-state index contributed by atoms with van der Waals surface area (Å²) in [4.78, 5) is 18.5. The Morgan fingerprint density at radius 2 is 1.85 bits per heavy atom. The molecule has 2 aromatic carbocycles. The average molecular weight is 371 g/mol. The van der Waals surface area contributed by atoms with Crippen LogP contribution in [0.5, 0.6) is 0 Å². The smallest absolute Gasteiger partial charge is 0.267 e. The molecule has 0 atom stereocenters. The Bertz CT molecular complexity index is 1130. The molecule has 4 rings (SSSR count). The molecule has 1 amide bonds. The maximum Gasteiger partial charge on any atom is 0.272 e. The second kappa shape index (κ2) is 7.51. The van der Waals surface area contributed by atoms with E-state index in [1.165, 1.54) is 0 Å². The van der Waals surface area contributed by atoms with Crippen LogP contribution in [0, 0.1) is 6.92 Å². The first-order valence-corrected chi connectivity index (χ1v) is 9.43. The van der Waals surface area contributed by atoms with Crippen LogP contribution in [-0.2, 0) is 0 Å². The van der Waals surface area contributed by atoms with Crippen molar-refractivity contribution in [2.24, 2.45) is 5.10 Å². The molecule has 2 aromatic heterocycles. The maximum absolute atomic E-state index is 12.8. The fourth-order valence-corrected chi connectivity index (χ4v) is 3.63. The molecule has 1 N–H and O–H groups in total. The number of fused-ring (bicyclic) bond motifs is 1. The van der Waals surface area contributed by atoms with Crippen molar-refractivity contribution >= 4 is 34.4 Å². The van der Waals surface area contributed by atoms with Crippen LogP contribution in [0.4, 0.5) is 0 Å². The Morgan fingerprint density at radius 1 is 1.07 bits per heavy atom. The van der Waals surface area contributed by atoms with E-state index < -0.39 is 0 Å². The van der Waals surface area contributed by atoms with Crippen molar-refractivity contribution in [3.63, 3.8) is 0 Å². The fourth-order valence-electron chi connectivity index (χ4n) is 2.85. The molecule has 0 saturated carbocycles. The summed E-state index contributed by atoms with van der Waals surface area (Å²) in [6, 6.07) is 21.3. The Labute approximate surface area is 161 Å². The number of rotatable bonds is 4. The zero-order valence-corrected chi connectivity index (χ0v) is 15.5. The number of carbonyl (C=O) groups excluding carboxylic acids is 1. The summed E-state index contributed by atoms with van der Waals surface area (Å²) < 4.78 is 0. The Kier molecular flexibility index (Phi) is 4.77. The van der Waals surface area contributed by atoms with Gasteiger partial charge in [-0.25, -0.2) is 10.4 Å². The molecule has 0 bridgehead atoms. The van der Waals surface area contributed by atoms with Crippen molar-refractivity contribution in [1.82, 2.24) is 10.4 Å². The van der Waals surface area contributed by atoms with E-state index in [9.17, 15) is 4.79 Å². The number of nitrogens with zero attached hydrogens (tertiary/aromatic N) is 2. The van der Waals surface area contributed by atoms with E-state index in [1.54, 1.807) is 17.6 Å². The number of benzene rings is 2. The second-order valence-electron chi connectivity index (χ2n) is 6.11. The molecule has 0 aliphatic heterocycles. The molecule has 2 heterocycles. The number of pyridine rings is 1. The van der Waals surface area contributed by atoms with Gasteiger partial charge in [-0.05, 0) is 36.1 Å². The van der Waals surface area contributed by atoms with E-state index in [-0.39, 0.29) is 5.91 Å². The highest BCUT2D eigenvalue weighted by Gasteiger charge is 2.13. The number of aryl methyl sites for hydroxylation is 1. The zero-order valence-electron chi connectivity index (χ0n) is 14.7. The number of carbonyl (C=O) groups is 1. The van der Waals surface area contributed by atoms with Gasteiger partial charge in [0.2, 0.25) is 0 Å². The van der Waals surface area contributed by atoms with E-state index in [4.69, 9.17) is 4.98 Å². The molecule has 5 heteroatoms. The molecule has 0 radical (unpaired) electrons. The highest BCUT2D eigenvalue weighted by molar-refractivity contribution is 7.11. The zero-order chi connectivity index (χ0) is 18.6. The molecular formula is C22H17N3OS. The molecule has 0 aliphatic rings. The average Bonchev–Trinajstić information content (AvgIpc) is 3.12. The van der Waals surface area contributed by atoms with Crippen LogP contribution >= 0.6 is 11.3 Å². The number of hydrogen-bond donors (Lipinski definition) is 1. The Morgan fingerprint density at radius 3 is 2.63 bits per heavy atom. The molecular weight excluding hydrogens is 354 g/mol. The topological polar surface area (TPSA) is 54.4 Å². The van der Waals surface area contributed by atoms with Crippen molar-refractivity contribution in [2.45, 2.75) is 6.92 Å². The van der Waals surface area contributed by atoms with E-state index >= 15 is 0 Å². The van der Waals surface area contributed by atoms with Crippen LogP contribution in [0.1, 0.15) is 20.8 Å². The van der Waals surface area contributed by atoms with Gasteiger partial charge in [-0.2, -0.15) is 5.10 Å². The standard InChI is InChI=1S/C22H17N3OS/c1-15-11-12-27-21(15)14-23-25-22(26)18-13-20(16-7-3-2-4-8-16)24-19-10-6-5-9-17(18)19/h2-14H,1H3,(H,25,26)/b23-14-. The summed E-state index contributed by atoms with van der Waals surface area (Å²) in [7, 11) is 0. The quantitative estimate of drug-likeness (QED) is 0.404. The highest BCUT2D eigenvalue weighted by Crippen LogP contribution is 2.24. The van der Waals surface area contributed by atoms with Crippen LogP contribution < -0.4 is 5.43 Å². The lowest BCUT2D eigenvalue weighted by Gasteiger charge is -2.09. The van der Waals surface area contributed by atoms with Gasteiger partial charge < -0.3 is 0 Å². The summed E-state index contributed by atoms with van der Waals surface area (Å²) in [5.74, 6) is -0.253. The van der Waals surface area contributed by atoms with Crippen molar-refractivity contribution in [3.8, 4) is 11.3 Å². The molecule has 0 saturated heterocycles. The number of hydrogen-bond acceptors (Lipinski definition) is 4. The van der Waals surface area contributed by atoms with Crippen molar-refractivity contribution < 1.29 is 4.79 Å². The largest absolute Gasteiger partial charge is 0.272 e. The molecule has 4 nitrogen and oxygen atoms in total. The number of hydrazone groups is 1. The second-order valence-corrected chi connectivity index (χ2v) is 7.05. The predicted molar refractivity (Wildman–Crippen MR) is 111 cm³/mol. The number of amides is 1. The number of nitrogens with one attached hydrogen (secondary N) is 1. The highest BCUT2D eigenvalue weighted by atomic mass is 32.1. The maximum atomic E-state index is 12.8. The first-order chi connectivity index (χ1) is 13.2. The van der Waals surface area contributed by atoms with Gasteiger partial charge in [0, 0.05) is 15.8 Å². The lowest BCUT2D eigenvalue weighted by molar-refractivity contribution is 0.0956. The van der Waals surface area contributed by atoms with Gasteiger partial charge in [0.05, 0.1) is 23.0 Å². The summed E-state index contributed by atoms with van der Waals surface area (Å²) >= 11 is 1.59. The lowest BCUT2D eigenvalue weighted by Crippen LogP contribution is -2.18. The lowest BCUT2D eigenvalue weighted by atomic mass is 10.0. The van der Waals surface area contributed by atoms with Crippen molar-refractivity contribution in [3.05, 3.63) is 88.1 Å². The minimum atomic E-state index is -0.253. The van der Waals surface area contributed by atoms with Gasteiger partial charge in [-0.15, -0.1) is 11.3 Å². The minimum Gasteiger partial charge on any atom is -0.267 e. The Balaban J connectivity index is 1.70. The predicted octanol–water partition coefficient (Wildman–Crippen LogP) is 5.04. The first kappa shape index (κ1) is 17.1. The van der Waals surface area contributed by atoms with Crippen LogP contribution in [0.15, 0.2) is 77.2 Å². The van der Waals surface area contributed by atoms with Gasteiger partial charge in [-0.3, -0.25) is 4.79 Å². The third-order valence-electron chi connectivity index (χ3n) is 4.28. The molecule has 0 aliphatic carbocycles. The molecule has 0 unspecified atom stereocenters. The van der Waals surface area contributed by atoms with E-state index in [1.807, 2.05) is 79.0 Å². The molecule has 4 aromatic rings. The normalized spacial score (nSPS) is 11.1. The van der Waals surface area contributed by atoms with Gasteiger partial charge >= 0.3 is 0 Å². The monoisotopic (exact) mass is 371 g/mol. The summed E-state index contributed by atoms with van der Waals surface area (Å²) in [5, 5.41) is 6.93. The van der Waals surface area contributed by atoms with E-state index in [0.717, 1.165) is 32.6 Å². The van der Waals surface area contributed by atoms with Gasteiger partial charge in [-0.1, -0.05) is 48.5 Å². The van der Waals surface area contributed by atoms with E-state index in [2.05, 4.69) is 10.5 Å². The van der Waals surface area contributed by atoms with Gasteiger partial charge in [0.15, 0.2) is 0 Å². The molecule has 0 spiro atoms. The fraction of sp³-hybridized carbons (Fsp3) is 0.0455. The van der Waals surface area contributed by atoms with Gasteiger partial charge in [0.25, 0.3) is 5.91 Å². The number of para-hydroxylation sites is 1. The van der Waals surface area contributed by atoms with Crippen LogP contribution in [-0.4, -0.2) is 17.1 Å². The number of thiophene rings is 1. The third-order valence-corrected chi connectivity index (χ3v) is 5.23. The Hall–Kier alpha value is -3.31. The SMILES string of the molecule is Cc1ccsc1/C=N\NC(=O)c1cc(-c2ccccc2)nc2ccccc12.